The van der Waals surface area contributed by atoms with Crippen molar-refractivity contribution in [2.24, 2.45) is 0 Å². The summed E-state index contributed by atoms with van der Waals surface area (Å²) in [5.41, 5.74) is 0.193. The minimum atomic E-state index is -3.70. The molecule has 0 radical (unpaired) electrons. The molecule has 144 valence electrons. The lowest BCUT2D eigenvalue weighted by molar-refractivity contribution is 0.00257. The van der Waals surface area contributed by atoms with Gasteiger partial charge in [0.05, 0.1) is 18.0 Å². The van der Waals surface area contributed by atoms with Crippen LogP contribution in [-0.2, 0) is 15.6 Å². The second-order valence-corrected chi connectivity index (χ2v) is 9.99. The van der Waals surface area contributed by atoms with E-state index in [2.05, 4.69) is 20.9 Å². The number of fused-ring (bicyclic) bond motifs is 2. The number of aliphatic hydroxyl groups is 1. The number of sulfonamides is 1. The average molecular weight is 453 g/mol. The van der Waals surface area contributed by atoms with Gasteiger partial charge in [-0.2, -0.15) is 4.31 Å². The number of aryl methyl sites for hydroxylation is 1. The Balaban J connectivity index is 1.77. The molecule has 0 aliphatic carbocycles. The first-order valence-electron chi connectivity index (χ1n) is 8.80. The summed E-state index contributed by atoms with van der Waals surface area (Å²) in [6.07, 6.45) is 3.26. The molecule has 2 aromatic rings. The van der Waals surface area contributed by atoms with E-state index in [0.717, 1.165) is 12.0 Å². The van der Waals surface area contributed by atoms with Crippen molar-refractivity contribution < 1.29 is 18.3 Å². The molecule has 2 bridgehead atoms. The van der Waals surface area contributed by atoms with Crippen LogP contribution >= 0.6 is 15.9 Å². The fourth-order valence-corrected chi connectivity index (χ4v) is 6.62. The number of ether oxygens (including phenoxy) is 1. The third-order valence-corrected chi connectivity index (χ3v) is 8.02. The average Bonchev–Trinajstić information content (AvgIpc) is 3.18. The van der Waals surface area contributed by atoms with Gasteiger partial charge in [-0.15, -0.1) is 0 Å². The smallest absolute Gasteiger partial charge is 0.243 e. The normalized spacial score (nSPS) is 27.9. The molecule has 1 aromatic heterocycles. The van der Waals surface area contributed by atoms with Crippen LogP contribution in [-0.4, -0.2) is 42.0 Å². The molecule has 2 aliphatic rings. The van der Waals surface area contributed by atoms with Crippen molar-refractivity contribution in [3.05, 3.63) is 52.1 Å². The minimum absolute atomic E-state index is 0.241. The van der Waals surface area contributed by atoms with Gasteiger partial charge in [0, 0.05) is 22.3 Å². The van der Waals surface area contributed by atoms with Gasteiger partial charge in [0.1, 0.15) is 5.60 Å². The van der Waals surface area contributed by atoms with Gasteiger partial charge >= 0.3 is 0 Å². The highest BCUT2D eigenvalue weighted by Gasteiger charge is 2.61. The van der Waals surface area contributed by atoms with Gasteiger partial charge in [-0.25, -0.2) is 13.4 Å². The quantitative estimate of drug-likeness (QED) is 0.770. The number of hydrogen-bond donors (Lipinski definition) is 1. The van der Waals surface area contributed by atoms with E-state index < -0.39 is 21.7 Å². The Morgan fingerprint density at radius 2 is 2.00 bits per heavy atom. The fraction of sp³-hybridized carbons (Fsp3) is 0.421. The van der Waals surface area contributed by atoms with Crippen molar-refractivity contribution in [2.45, 2.75) is 48.8 Å². The third kappa shape index (κ3) is 2.90. The van der Waals surface area contributed by atoms with Crippen LogP contribution < -0.4 is 4.74 Å². The molecule has 4 rings (SSSR count). The first-order chi connectivity index (χ1) is 12.8. The molecule has 3 atom stereocenters. The topological polar surface area (TPSA) is 79.7 Å². The summed E-state index contributed by atoms with van der Waals surface area (Å²) in [5, 5.41) is 11.6. The molecule has 0 spiro atoms. The van der Waals surface area contributed by atoms with Crippen molar-refractivity contribution in [1.29, 1.82) is 0 Å². The summed E-state index contributed by atoms with van der Waals surface area (Å²) in [6, 6.07) is 7.82. The standard InChI is InChI=1S/C19H21BrN2O4S/c1-12-3-6-15(7-4-12)27(24,25)22-14-5-8-17(22)19(23,10-14)16-9-13(20)11-21-18(16)26-2/h3-4,6-7,9,11,14,17,23H,5,8,10H2,1-2H3/t14-,17+,19-/m0/s1. The molecule has 0 unspecified atom stereocenters. The molecule has 2 aliphatic heterocycles. The Labute approximate surface area is 167 Å². The van der Waals surface area contributed by atoms with E-state index in [1.807, 2.05) is 6.92 Å². The number of hydrogen-bond acceptors (Lipinski definition) is 5. The first-order valence-corrected chi connectivity index (χ1v) is 11.0. The number of rotatable bonds is 4. The maximum atomic E-state index is 13.3. The Bertz CT molecular complexity index is 980. The summed E-state index contributed by atoms with van der Waals surface area (Å²) >= 11 is 3.39. The van der Waals surface area contributed by atoms with Crippen molar-refractivity contribution in [3.8, 4) is 5.88 Å². The maximum Gasteiger partial charge on any atom is 0.243 e. The van der Waals surface area contributed by atoms with Gasteiger partial charge in [-0.3, -0.25) is 0 Å². The van der Waals surface area contributed by atoms with E-state index in [0.29, 0.717) is 28.8 Å². The molecule has 1 aromatic carbocycles. The van der Waals surface area contributed by atoms with Gasteiger partial charge in [0.15, 0.2) is 0 Å². The lowest BCUT2D eigenvalue weighted by atomic mass is 9.80. The molecule has 2 fully saturated rings. The van der Waals surface area contributed by atoms with Crippen LogP contribution in [0.1, 0.15) is 30.4 Å². The number of benzene rings is 1. The third-order valence-electron chi connectivity index (χ3n) is 5.61. The molecular formula is C19H21BrN2O4S. The second kappa shape index (κ2) is 6.55. The monoisotopic (exact) mass is 452 g/mol. The van der Waals surface area contributed by atoms with E-state index in [1.54, 1.807) is 36.5 Å². The van der Waals surface area contributed by atoms with Gasteiger partial charge in [-0.05, 0) is 60.3 Å². The number of aromatic nitrogens is 1. The molecule has 3 heterocycles. The number of methoxy groups -OCH3 is 1. The Hall–Kier alpha value is -1.48. The molecule has 6 nitrogen and oxygen atoms in total. The Morgan fingerprint density at radius 1 is 1.30 bits per heavy atom. The predicted molar refractivity (Wildman–Crippen MR) is 104 cm³/mol. The van der Waals surface area contributed by atoms with E-state index >= 15 is 0 Å². The van der Waals surface area contributed by atoms with Gasteiger partial charge in [-0.1, -0.05) is 17.7 Å². The van der Waals surface area contributed by atoms with E-state index in [9.17, 15) is 13.5 Å². The molecule has 2 saturated heterocycles. The minimum Gasteiger partial charge on any atom is -0.481 e. The summed E-state index contributed by atoms with van der Waals surface area (Å²) in [5.74, 6) is 0.320. The van der Waals surface area contributed by atoms with Crippen LogP contribution in [0.5, 0.6) is 5.88 Å². The SMILES string of the molecule is COc1ncc(Br)cc1[C@@]1(O)C[C@@H]2CC[C@H]1N2S(=O)(=O)c1ccc(C)cc1. The van der Waals surface area contributed by atoms with Crippen molar-refractivity contribution >= 4 is 26.0 Å². The zero-order valence-corrected chi connectivity index (χ0v) is 17.5. The number of halogens is 1. The van der Waals surface area contributed by atoms with Crippen molar-refractivity contribution in [3.63, 3.8) is 0 Å². The molecule has 1 N–H and O–H groups in total. The van der Waals surface area contributed by atoms with E-state index in [1.165, 1.54) is 11.4 Å². The lowest BCUT2D eigenvalue weighted by Gasteiger charge is -2.33. The number of nitrogens with zero attached hydrogens (tertiary/aromatic N) is 2. The van der Waals surface area contributed by atoms with Crippen LogP contribution in [0.2, 0.25) is 0 Å². The highest BCUT2D eigenvalue weighted by Crippen LogP contribution is 2.53. The first kappa shape index (κ1) is 18.9. The lowest BCUT2D eigenvalue weighted by Crippen LogP contribution is -2.43. The summed E-state index contributed by atoms with van der Waals surface area (Å²) in [7, 11) is -2.20. The van der Waals surface area contributed by atoms with Crippen LogP contribution in [0.3, 0.4) is 0 Å². The molecule has 8 heteroatoms. The van der Waals surface area contributed by atoms with E-state index in [-0.39, 0.29) is 10.9 Å². The van der Waals surface area contributed by atoms with Crippen molar-refractivity contribution in [1.82, 2.24) is 9.29 Å². The highest BCUT2D eigenvalue weighted by molar-refractivity contribution is 9.10. The largest absolute Gasteiger partial charge is 0.481 e. The van der Waals surface area contributed by atoms with Gasteiger partial charge in [0.25, 0.3) is 0 Å². The van der Waals surface area contributed by atoms with Crippen LogP contribution in [0.4, 0.5) is 0 Å². The van der Waals surface area contributed by atoms with Crippen LogP contribution in [0.25, 0.3) is 0 Å². The maximum absolute atomic E-state index is 13.3. The number of pyridine rings is 1. The predicted octanol–water partition coefficient (Wildman–Crippen LogP) is 2.97. The summed E-state index contributed by atoms with van der Waals surface area (Å²) in [6.45, 7) is 1.92. The molecule has 0 amide bonds. The Kier molecular flexibility index (Phi) is 4.57. The van der Waals surface area contributed by atoms with Crippen LogP contribution in [0.15, 0.2) is 45.9 Å². The molecule has 27 heavy (non-hydrogen) atoms. The molecular weight excluding hydrogens is 432 g/mol. The Morgan fingerprint density at radius 3 is 2.67 bits per heavy atom. The van der Waals surface area contributed by atoms with Gasteiger partial charge < -0.3 is 9.84 Å². The zero-order valence-electron chi connectivity index (χ0n) is 15.1. The van der Waals surface area contributed by atoms with Crippen LogP contribution in [0, 0.1) is 6.92 Å². The fourth-order valence-electron chi connectivity index (χ4n) is 4.38. The highest BCUT2D eigenvalue weighted by atomic mass is 79.9. The second-order valence-electron chi connectivity index (χ2n) is 7.23. The zero-order chi connectivity index (χ0) is 19.4. The summed E-state index contributed by atoms with van der Waals surface area (Å²) < 4.78 is 34.2. The summed E-state index contributed by atoms with van der Waals surface area (Å²) in [4.78, 5) is 4.49. The van der Waals surface area contributed by atoms with Crippen molar-refractivity contribution in [2.75, 3.05) is 7.11 Å². The van der Waals surface area contributed by atoms with E-state index in [4.69, 9.17) is 4.74 Å². The van der Waals surface area contributed by atoms with Gasteiger partial charge in [0.2, 0.25) is 15.9 Å². The molecule has 0 saturated carbocycles.